The molecule has 2 unspecified atom stereocenters. The van der Waals surface area contributed by atoms with Gasteiger partial charge < -0.3 is 29.3 Å². The highest BCUT2D eigenvalue weighted by atomic mass is 31.2. The van der Waals surface area contributed by atoms with Crippen molar-refractivity contribution in [2.24, 2.45) is 0 Å². The molecule has 1 saturated heterocycles. The highest BCUT2D eigenvalue weighted by molar-refractivity contribution is 7.52. The summed E-state index contributed by atoms with van der Waals surface area (Å²) in [5, 5.41) is 17.1. The molecule has 11 nitrogen and oxygen atoms in total. The molecule has 2 aliphatic rings. The lowest BCUT2D eigenvalue weighted by Gasteiger charge is -2.31. The van der Waals surface area contributed by atoms with Crippen molar-refractivity contribution in [1.82, 2.24) is 15.3 Å². The van der Waals surface area contributed by atoms with Crippen LogP contribution in [0.2, 0.25) is 0 Å². The fraction of sp³-hybridized carbons (Fsp3) is 0.429. The van der Waals surface area contributed by atoms with Gasteiger partial charge in [-0.1, -0.05) is 62.7 Å². The number of nitrogens with zero attached hydrogens (tertiary/aromatic N) is 1. The number of rotatable bonds is 13. The van der Waals surface area contributed by atoms with Crippen LogP contribution in [0.4, 0.5) is 4.39 Å². The number of aliphatic hydroxyl groups excluding tert-OH is 1. The summed E-state index contributed by atoms with van der Waals surface area (Å²) in [6, 6.07) is 11.5. The molecule has 2 aromatic rings. The van der Waals surface area contributed by atoms with Crippen molar-refractivity contribution in [3.05, 3.63) is 66.9 Å². The molecule has 5 atom stereocenters. The number of hydrogen-bond acceptors (Lipinski definition) is 9. The van der Waals surface area contributed by atoms with Gasteiger partial charge in [0.25, 0.3) is 5.91 Å². The number of ether oxygens (including phenoxy) is 2. The van der Waals surface area contributed by atoms with E-state index in [0.717, 1.165) is 24.4 Å². The minimum atomic E-state index is -4.26. The van der Waals surface area contributed by atoms with Crippen molar-refractivity contribution in [2.75, 3.05) is 13.2 Å². The van der Waals surface area contributed by atoms with Crippen molar-refractivity contribution in [1.29, 1.82) is 0 Å². The molecule has 2 aliphatic heterocycles. The smallest absolute Gasteiger partial charge is 0.459 e. The summed E-state index contributed by atoms with van der Waals surface area (Å²) in [6.45, 7) is 7.04. The zero-order chi connectivity index (χ0) is 29.6. The molecule has 0 radical (unpaired) electrons. The predicted octanol–water partition coefficient (Wildman–Crippen LogP) is 4.24. The van der Waals surface area contributed by atoms with Crippen LogP contribution in [0.1, 0.15) is 39.5 Å². The van der Waals surface area contributed by atoms with Gasteiger partial charge in [0.15, 0.2) is 0 Å². The maximum absolute atomic E-state index is 14.1. The van der Waals surface area contributed by atoms with Gasteiger partial charge in [-0.05, 0) is 24.8 Å². The standard InChI is InChI=1S/C28H35FN3O8P/c1-4-5-8-14-37-28(35)18(2)31-41(36,40-24-13-9-11-20-10-6-7-12-21(20)24)38-17-25-23(33)15-26(39-25)32-16-22(29)27(34)30-19(32)3/h6-7,9-13,16,18,23,25-26,33H,3-5,8,14-15,17H2,1-2H3,(H,30,34)(H,31,36)/t18-,23?,25+,26+,41?/m0/s1. The van der Waals surface area contributed by atoms with E-state index in [1.165, 1.54) is 11.8 Å². The Kier molecular flexibility index (Phi) is 10.2. The Balaban J connectivity index is 1.49. The first-order valence-electron chi connectivity index (χ1n) is 13.5. The number of carbonyl (C=O) groups excluding carboxylic acids is 2. The lowest BCUT2D eigenvalue weighted by atomic mass is 10.1. The lowest BCUT2D eigenvalue weighted by Crippen LogP contribution is -2.42. The molecule has 0 saturated carbocycles. The number of aliphatic hydroxyl groups is 1. The van der Waals surface area contributed by atoms with Crippen LogP contribution < -0.4 is 14.9 Å². The van der Waals surface area contributed by atoms with E-state index in [1.54, 1.807) is 18.2 Å². The zero-order valence-electron chi connectivity index (χ0n) is 23.0. The molecule has 2 heterocycles. The van der Waals surface area contributed by atoms with Gasteiger partial charge >= 0.3 is 13.7 Å². The van der Waals surface area contributed by atoms with E-state index < -0.39 is 56.5 Å². The van der Waals surface area contributed by atoms with Crippen LogP contribution in [0.15, 0.2) is 66.9 Å². The van der Waals surface area contributed by atoms with Crippen LogP contribution >= 0.6 is 7.75 Å². The maximum atomic E-state index is 14.1. The van der Waals surface area contributed by atoms with Gasteiger partial charge in [-0.15, -0.1) is 0 Å². The number of nitrogens with one attached hydrogen (secondary N) is 2. The van der Waals surface area contributed by atoms with Crippen LogP contribution in [-0.4, -0.2) is 59.6 Å². The first kappa shape index (κ1) is 30.7. The maximum Gasteiger partial charge on any atom is 0.459 e. The summed E-state index contributed by atoms with van der Waals surface area (Å²) in [5.74, 6) is -2.26. The Bertz CT molecular complexity index is 1350. The predicted molar refractivity (Wildman–Crippen MR) is 149 cm³/mol. The third-order valence-electron chi connectivity index (χ3n) is 6.63. The zero-order valence-corrected chi connectivity index (χ0v) is 23.8. The second kappa shape index (κ2) is 13.6. The summed E-state index contributed by atoms with van der Waals surface area (Å²) < 4.78 is 50.7. The van der Waals surface area contributed by atoms with E-state index in [2.05, 4.69) is 17.0 Å². The van der Waals surface area contributed by atoms with Crippen molar-refractivity contribution < 1.29 is 42.2 Å². The quantitative estimate of drug-likeness (QED) is 0.176. The summed E-state index contributed by atoms with van der Waals surface area (Å²) in [5.41, 5.74) is 0. The number of carbonyl (C=O) groups is 2. The van der Waals surface area contributed by atoms with Gasteiger partial charge in [0, 0.05) is 18.0 Å². The van der Waals surface area contributed by atoms with Gasteiger partial charge in [-0.25, -0.2) is 4.57 Å². The second-order valence-electron chi connectivity index (χ2n) is 9.80. The Morgan fingerprint density at radius 3 is 2.83 bits per heavy atom. The molecular formula is C28H35FN3O8P. The largest absolute Gasteiger partial charge is 0.465 e. The Labute approximate surface area is 237 Å². The summed E-state index contributed by atoms with van der Waals surface area (Å²) >= 11 is 0. The average molecular weight is 592 g/mol. The molecule has 222 valence electrons. The van der Waals surface area contributed by atoms with Crippen LogP contribution in [-0.2, 0) is 28.2 Å². The fourth-order valence-corrected chi connectivity index (χ4v) is 5.93. The summed E-state index contributed by atoms with van der Waals surface area (Å²) in [6.07, 6.45) is 0.583. The minimum Gasteiger partial charge on any atom is -0.465 e. The molecule has 0 aliphatic carbocycles. The third-order valence-corrected chi connectivity index (χ3v) is 8.26. The van der Waals surface area contributed by atoms with E-state index in [-0.39, 0.29) is 24.6 Å². The van der Waals surface area contributed by atoms with Gasteiger partial charge in [-0.2, -0.15) is 9.48 Å². The topological polar surface area (TPSA) is 136 Å². The van der Waals surface area contributed by atoms with Gasteiger partial charge in [0.1, 0.15) is 29.9 Å². The molecular weight excluding hydrogens is 556 g/mol. The molecule has 41 heavy (non-hydrogen) atoms. The van der Waals surface area contributed by atoms with Crippen LogP contribution in [0.25, 0.3) is 10.8 Å². The number of hydrogen-bond donors (Lipinski definition) is 3. The van der Waals surface area contributed by atoms with Gasteiger partial charge in [0.2, 0.25) is 5.83 Å². The normalized spacial score (nSPS) is 23.1. The molecule has 1 fully saturated rings. The van der Waals surface area contributed by atoms with Crippen molar-refractivity contribution in [3.63, 3.8) is 0 Å². The summed E-state index contributed by atoms with van der Waals surface area (Å²) in [4.78, 5) is 25.4. The molecule has 3 N–H and O–H groups in total. The molecule has 2 aromatic carbocycles. The van der Waals surface area contributed by atoms with Crippen LogP contribution in [0.3, 0.4) is 0 Å². The summed E-state index contributed by atoms with van der Waals surface area (Å²) in [7, 11) is -4.26. The number of halogens is 1. The molecule has 0 aromatic heterocycles. The highest BCUT2D eigenvalue weighted by Crippen LogP contribution is 2.47. The minimum absolute atomic E-state index is 0.0229. The monoisotopic (exact) mass is 591 g/mol. The van der Waals surface area contributed by atoms with E-state index >= 15 is 0 Å². The fourth-order valence-electron chi connectivity index (χ4n) is 4.41. The van der Waals surface area contributed by atoms with Crippen LogP contribution in [0, 0.1) is 0 Å². The number of esters is 1. The van der Waals surface area contributed by atoms with Crippen molar-refractivity contribution in [2.45, 2.75) is 64.0 Å². The molecule has 0 bridgehead atoms. The first-order chi connectivity index (χ1) is 19.6. The van der Waals surface area contributed by atoms with Crippen molar-refractivity contribution in [3.8, 4) is 5.75 Å². The average Bonchev–Trinajstić information content (AvgIpc) is 3.32. The van der Waals surface area contributed by atoms with E-state index in [1.807, 2.05) is 31.2 Å². The number of benzene rings is 2. The van der Waals surface area contributed by atoms with E-state index in [4.69, 9.17) is 18.5 Å². The Morgan fingerprint density at radius 1 is 1.29 bits per heavy atom. The third kappa shape index (κ3) is 7.72. The molecule has 0 spiro atoms. The number of amides is 1. The molecule has 13 heteroatoms. The van der Waals surface area contributed by atoms with Crippen molar-refractivity contribution >= 4 is 30.4 Å². The molecule has 1 amide bonds. The Hall–Kier alpha value is -3.28. The highest BCUT2D eigenvalue weighted by Gasteiger charge is 2.42. The lowest BCUT2D eigenvalue weighted by molar-refractivity contribution is -0.145. The van der Waals surface area contributed by atoms with E-state index in [9.17, 15) is 23.7 Å². The first-order valence-corrected chi connectivity index (χ1v) is 15.0. The Morgan fingerprint density at radius 2 is 2.05 bits per heavy atom. The van der Waals surface area contributed by atoms with Gasteiger partial charge in [-0.3, -0.25) is 14.1 Å². The SMILES string of the molecule is C=C1NC(=O)C(F)=CN1[C@H]1CC(O)[C@@H](COP(=O)(N[C@@H](C)C(=O)OCCCCC)Oc2cccc3ccccc23)O1. The van der Waals surface area contributed by atoms with Crippen LogP contribution in [0.5, 0.6) is 5.75 Å². The van der Waals surface area contributed by atoms with E-state index in [0.29, 0.717) is 11.8 Å². The molecule has 4 rings (SSSR count). The number of fused-ring (bicyclic) bond motifs is 1. The number of unbranched alkanes of at least 4 members (excludes halogenated alkanes) is 2. The second-order valence-corrected chi connectivity index (χ2v) is 11.5. The van der Waals surface area contributed by atoms with Gasteiger partial charge in [0.05, 0.1) is 19.3 Å².